The van der Waals surface area contributed by atoms with Crippen molar-refractivity contribution in [1.29, 1.82) is 0 Å². The van der Waals surface area contributed by atoms with Gasteiger partial charge in [0.25, 0.3) is 0 Å². The maximum atomic E-state index is 14.0. The van der Waals surface area contributed by atoms with Crippen molar-refractivity contribution in [3.05, 3.63) is 29.2 Å². The van der Waals surface area contributed by atoms with Crippen molar-refractivity contribution in [3.8, 4) is 0 Å². The van der Waals surface area contributed by atoms with E-state index in [-0.39, 0.29) is 5.02 Å². The fourth-order valence-corrected chi connectivity index (χ4v) is 2.56. The van der Waals surface area contributed by atoms with Crippen molar-refractivity contribution in [3.63, 3.8) is 0 Å². The SMILES string of the molecule is CC1(C)OB(c2cc(F)c(Cl)c3[nH]ccc23)OC1(C)C. The molecule has 0 atom stereocenters. The lowest BCUT2D eigenvalue weighted by atomic mass is 9.77. The fraction of sp³-hybridized carbons (Fsp3) is 0.429. The summed E-state index contributed by atoms with van der Waals surface area (Å²) in [6.45, 7) is 7.86. The third kappa shape index (κ3) is 1.88. The second-order valence-electron chi connectivity index (χ2n) is 6.12. The molecule has 20 heavy (non-hydrogen) atoms. The average molecular weight is 296 g/mol. The molecule has 2 aromatic rings. The van der Waals surface area contributed by atoms with E-state index in [2.05, 4.69) is 4.98 Å². The van der Waals surface area contributed by atoms with E-state index >= 15 is 0 Å². The van der Waals surface area contributed by atoms with E-state index in [4.69, 9.17) is 20.9 Å². The van der Waals surface area contributed by atoms with Gasteiger partial charge in [0.1, 0.15) is 10.8 Å². The smallest absolute Gasteiger partial charge is 0.399 e. The molecule has 0 radical (unpaired) electrons. The van der Waals surface area contributed by atoms with Gasteiger partial charge in [-0.2, -0.15) is 0 Å². The van der Waals surface area contributed by atoms with E-state index in [9.17, 15) is 4.39 Å². The van der Waals surface area contributed by atoms with Crippen LogP contribution in [0.2, 0.25) is 5.02 Å². The Labute approximate surface area is 122 Å². The molecule has 0 saturated carbocycles. The van der Waals surface area contributed by atoms with E-state index < -0.39 is 24.1 Å². The van der Waals surface area contributed by atoms with Crippen molar-refractivity contribution in [2.45, 2.75) is 38.9 Å². The second kappa shape index (κ2) is 4.23. The summed E-state index contributed by atoms with van der Waals surface area (Å²) < 4.78 is 25.9. The second-order valence-corrected chi connectivity index (χ2v) is 6.49. The van der Waals surface area contributed by atoms with Crippen LogP contribution in [0.15, 0.2) is 18.3 Å². The molecule has 0 spiro atoms. The van der Waals surface area contributed by atoms with E-state index in [1.165, 1.54) is 6.07 Å². The molecule has 1 aliphatic heterocycles. The molecule has 1 aromatic heterocycles. The van der Waals surface area contributed by atoms with Crippen LogP contribution in [0, 0.1) is 5.82 Å². The summed E-state index contributed by atoms with van der Waals surface area (Å²) in [6, 6.07) is 3.24. The van der Waals surface area contributed by atoms with Gasteiger partial charge in [-0.1, -0.05) is 11.6 Å². The number of rotatable bonds is 1. The minimum absolute atomic E-state index is 0.0882. The molecule has 6 heteroatoms. The van der Waals surface area contributed by atoms with Crippen molar-refractivity contribution >= 4 is 35.1 Å². The Morgan fingerprint density at radius 2 is 1.80 bits per heavy atom. The predicted octanol–water partition coefficient (Wildman–Crippen LogP) is 3.26. The topological polar surface area (TPSA) is 34.2 Å². The number of aromatic amines is 1. The van der Waals surface area contributed by atoms with Crippen molar-refractivity contribution in [2.24, 2.45) is 0 Å². The number of aromatic nitrogens is 1. The molecule has 1 saturated heterocycles. The zero-order chi connectivity index (χ0) is 14.7. The van der Waals surface area contributed by atoms with E-state index in [0.29, 0.717) is 11.0 Å². The standard InChI is InChI=1S/C14H16BClFNO2/c1-13(2)14(3,4)20-15(19-13)9-7-10(17)11(16)12-8(9)5-6-18-12/h5-7,18H,1-4H3. The molecule has 0 aliphatic carbocycles. The highest BCUT2D eigenvalue weighted by Gasteiger charge is 2.52. The predicted molar refractivity (Wildman–Crippen MR) is 79.0 cm³/mol. The number of fused-ring (bicyclic) bond motifs is 1. The normalized spacial score (nSPS) is 20.8. The Morgan fingerprint density at radius 3 is 2.40 bits per heavy atom. The monoisotopic (exact) mass is 295 g/mol. The Kier molecular flexibility index (Phi) is 2.94. The first-order chi connectivity index (χ1) is 9.23. The highest BCUT2D eigenvalue weighted by Crippen LogP contribution is 2.37. The summed E-state index contributed by atoms with van der Waals surface area (Å²) in [6.07, 6.45) is 1.73. The largest absolute Gasteiger partial charge is 0.495 e. The van der Waals surface area contributed by atoms with Crippen molar-refractivity contribution in [1.82, 2.24) is 4.98 Å². The van der Waals surface area contributed by atoms with Crippen LogP contribution in [0.1, 0.15) is 27.7 Å². The minimum atomic E-state index is -0.606. The van der Waals surface area contributed by atoms with Gasteiger partial charge in [-0.05, 0) is 45.3 Å². The van der Waals surface area contributed by atoms with E-state index in [1.54, 1.807) is 6.20 Å². The molecule has 3 rings (SSSR count). The van der Waals surface area contributed by atoms with Crippen LogP contribution in [0.5, 0.6) is 0 Å². The van der Waals surface area contributed by atoms with Crippen molar-refractivity contribution < 1.29 is 13.7 Å². The van der Waals surface area contributed by atoms with Crippen LogP contribution in [-0.4, -0.2) is 23.3 Å². The lowest BCUT2D eigenvalue weighted by molar-refractivity contribution is 0.00578. The molecular weight excluding hydrogens is 279 g/mol. The zero-order valence-corrected chi connectivity index (χ0v) is 12.6. The van der Waals surface area contributed by atoms with Gasteiger partial charge in [0, 0.05) is 11.6 Å². The maximum absolute atomic E-state index is 14.0. The molecule has 0 unspecified atom stereocenters. The molecule has 0 bridgehead atoms. The molecular formula is C14H16BClFNO2. The molecule has 1 aromatic carbocycles. The maximum Gasteiger partial charge on any atom is 0.495 e. The third-order valence-corrected chi connectivity index (χ3v) is 4.65. The Balaban J connectivity index is 2.13. The average Bonchev–Trinajstić information content (AvgIpc) is 2.88. The first-order valence-corrected chi connectivity index (χ1v) is 6.91. The number of halogens is 2. The quantitative estimate of drug-likeness (QED) is 0.819. The summed E-state index contributed by atoms with van der Waals surface area (Å²) in [5.41, 5.74) is 0.297. The summed E-state index contributed by atoms with van der Waals surface area (Å²) in [4.78, 5) is 2.95. The van der Waals surface area contributed by atoms with Gasteiger partial charge in [-0.15, -0.1) is 0 Å². The van der Waals surface area contributed by atoms with Crippen LogP contribution >= 0.6 is 11.6 Å². The molecule has 106 valence electrons. The van der Waals surface area contributed by atoms with Gasteiger partial charge in [-0.25, -0.2) is 4.39 Å². The molecule has 1 aliphatic rings. The van der Waals surface area contributed by atoms with Gasteiger partial charge < -0.3 is 14.3 Å². The molecule has 1 N–H and O–H groups in total. The Hall–Kier alpha value is -1.04. The highest BCUT2D eigenvalue weighted by atomic mass is 35.5. The molecule has 2 heterocycles. The van der Waals surface area contributed by atoms with Gasteiger partial charge in [-0.3, -0.25) is 0 Å². The van der Waals surface area contributed by atoms with Gasteiger partial charge in [0.05, 0.1) is 16.7 Å². The molecule has 0 amide bonds. The lowest BCUT2D eigenvalue weighted by Gasteiger charge is -2.32. The highest BCUT2D eigenvalue weighted by molar-refractivity contribution is 6.65. The van der Waals surface area contributed by atoms with E-state index in [1.807, 2.05) is 33.8 Å². The Morgan fingerprint density at radius 1 is 1.20 bits per heavy atom. The third-order valence-electron chi connectivity index (χ3n) is 4.28. The van der Waals surface area contributed by atoms with Crippen LogP contribution in [-0.2, 0) is 9.31 Å². The van der Waals surface area contributed by atoms with Crippen LogP contribution in [0.3, 0.4) is 0 Å². The van der Waals surface area contributed by atoms with Gasteiger partial charge in [0.2, 0.25) is 0 Å². The summed E-state index contributed by atoms with van der Waals surface area (Å²) in [7, 11) is -0.606. The minimum Gasteiger partial charge on any atom is -0.399 e. The number of hydrogen-bond donors (Lipinski definition) is 1. The first kappa shape index (κ1) is 13.9. The Bertz CT molecular complexity index is 667. The van der Waals surface area contributed by atoms with Gasteiger partial charge in [0.15, 0.2) is 0 Å². The van der Waals surface area contributed by atoms with Crippen LogP contribution in [0.4, 0.5) is 4.39 Å². The number of benzene rings is 1. The first-order valence-electron chi connectivity index (χ1n) is 6.53. The van der Waals surface area contributed by atoms with Crippen LogP contribution < -0.4 is 5.46 Å². The van der Waals surface area contributed by atoms with Gasteiger partial charge >= 0.3 is 7.12 Å². The number of hydrogen-bond acceptors (Lipinski definition) is 2. The number of nitrogens with one attached hydrogen (secondary N) is 1. The number of H-pyrrole nitrogens is 1. The zero-order valence-electron chi connectivity index (χ0n) is 11.9. The van der Waals surface area contributed by atoms with Crippen molar-refractivity contribution in [2.75, 3.05) is 0 Å². The fourth-order valence-electron chi connectivity index (χ4n) is 2.35. The lowest BCUT2D eigenvalue weighted by Crippen LogP contribution is -2.41. The summed E-state index contributed by atoms with van der Waals surface area (Å²) in [5.74, 6) is -0.480. The van der Waals surface area contributed by atoms with Crippen LogP contribution in [0.25, 0.3) is 10.9 Å². The summed E-state index contributed by atoms with van der Waals surface area (Å²) in [5, 5.41) is 0.903. The molecule has 3 nitrogen and oxygen atoms in total. The molecule has 1 fully saturated rings. The summed E-state index contributed by atoms with van der Waals surface area (Å²) >= 11 is 5.97. The van der Waals surface area contributed by atoms with E-state index in [0.717, 1.165) is 5.39 Å².